The molecule has 1 unspecified atom stereocenters. The molecule has 1 atom stereocenters. The van der Waals surface area contributed by atoms with Gasteiger partial charge in [0, 0.05) is 4.47 Å². The fourth-order valence-corrected chi connectivity index (χ4v) is 2.35. The molecular weight excluding hydrogens is 226 g/mol. The Morgan fingerprint density at radius 1 is 1.54 bits per heavy atom. The first kappa shape index (κ1) is 8.77. The Kier molecular flexibility index (Phi) is 1.92. The molecule has 0 amide bonds. The van der Waals surface area contributed by atoms with Crippen molar-refractivity contribution in [2.75, 3.05) is 0 Å². The maximum atomic E-state index is 9.08. The second-order valence-electron chi connectivity index (χ2n) is 3.75. The van der Waals surface area contributed by atoms with Crippen LogP contribution in [0.25, 0.3) is 0 Å². The largest absolute Gasteiger partial charge is 0.197 e. The van der Waals surface area contributed by atoms with Crippen molar-refractivity contribution < 1.29 is 0 Å². The molecule has 1 aromatic carbocycles. The normalized spacial score (nSPS) is 25.3. The van der Waals surface area contributed by atoms with Crippen molar-refractivity contribution in [3.8, 4) is 6.07 Å². The highest BCUT2D eigenvalue weighted by molar-refractivity contribution is 9.10. The van der Waals surface area contributed by atoms with Gasteiger partial charge in [0.1, 0.15) is 0 Å². The molecule has 0 heterocycles. The maximum absolute atomic E-state index is 9.08. The second kappa shape index (κ2) is 2.85. The summed E-state index contributed by atoms with van der Waals surface area (Å²) in [5, 5.41) is 9.08. The molecule has 1 aliphatic carbocycles. The molecule has 0 bridgehead atoms. The van der Waals surface area contributed by atoms with Crippen LogP contribution in [-0.4, -0.2) is 0 Å². The van der Waals surface area contributed by atoms with Crippen molar-refractivity contribution in [2.45, 2.75) is 25.2 Å². The van der Waals surface area contributed by atoms with Gasteiger partial charge >= 0.3 is 0 Å². The highest BCUT2D eigenvalue weighted by Gasteiger charge is 2.34. The van der Waals surface area contributed by atoms with Gasteiger partial charge in [0.05, 0.1) is 11.5 Å². The lowest BCUT2D eigenvalue weighted by Gasteiger charge is -2.14. The molecular formula is C11H10BrN. The van der Waals surface area contributed by atoms with Crippen LogP contribution in [0.15, 0.2) is 22.7 Å². The molecule has 0 aromatic heterocycles. The van der Waals surface area contributed by atoms with Gasteiger partial charge in [-0.05, 0) is 43.0 Å². The first-order chi connectivity index (χ1) is 6.15. The topological polar surface area (TPSA) is 23.8 Å². The van der Waals surface area contributed by atoms with Crippen LogP contribution in [0.3, 0.4) is 0 Å². The first-order valence-corrected chi connectivity index (χ1v) is 5.15. The Labute approximate surface area is 86.5 Å². The zero-order valence-corrected chi connectivity index (χ0v) is 9.06. The van der Waals surface area contributed by atoms with Gasteiger partial charge in [0.2, 0.25) is 0 Å². The standard InChI is InChI=1S/C11H10BrN/c1-11(7-13)5-4-8-6-9(12)2-3-10(8)11/h2-3,6H,4-5H2,1H3. The van der Waals surface area contributed by atoms with E-state index in [9.17, 15) is 0 Å². The summed E-state index contributed by atoms with van der Waals surface area (Å²) in [7, 11) is 0. The van der Waals surface area contributed by atoms with E-state index >= 15 is 0 Å². The maximum Gasteiger partial charge on any atom is 0.0800 e. The van der Waals surface area contributed by atoms with Crippen LogP contribution < -0.4 is 0 Å². The van der Waals surface area contributed by atoms with E-state index < -0.39 is 0 Å². The number of rotatable bonds is 0. The van der Waals surface area contributed by atoms with Gasteiger partial charge in [0.15, 0.2) is 0 Å². The Morgan fingerprint density at radius 2 is 2.31 bits per heavy atom. The fourth-order valence-electron chi connectivity index (χ4n) is 1.94. The number of fused-ring (bicyclic) bond motifs is 1. The van der Waals surface area contributed by atoms with E-state index in [0.29, 0.717) is 0 Å². The van der Waals surface area contributed by atoms with Gasteiger partial charge in [-0.25, -0.2) is 0 Å². The fraction of sp³-hybridized carbons (Fsp3) is 0.364. The van der Waals surface area contributed by atoms with Gasteiger partial charge in [-0.2, -0.15) is 5.26 Å². The van der Waals surface area contributed by atoms with E-state index in [0.717, 1.165) is 17.3 Å². The van der Waals surface area contributed by atoms with Crippen LogP contribution in [0.4, 0.5) is 0 Å². The summed E-state index contributed by atoms with van der Waals surface area (Å²) in [6.07, 6.45) is 1.98. The van der Waals surface area contributed by atoms with Crippen molar-refractivity contribution in [3.05, 3.63) is 33.8 Å². The molecule has 1 nitrogen and oxygen atoms in total. The minimum absolute atomic E-state index is 0.254. The Hall–Kier alpha value is -0.810. The van der Waals surface area contributed by atoms with Gasteiger partial charge in [-0.3, -0.25) is 0 Å². The predicted molar refractivity (Wildman–Crippen MR) is 55.4 cm³/mol. The zero-order valence-electron chi connectivity index (χ0n) is 7.47. The third-order valence-corrected chi connectivity index (χ3v) is 3.30. The van der Waals surface area contributed by atoms with Gasteiger partial charge in [0.25, 0.3) is 0 Å². The number of hydrogen-bond donors (Lipinski definition) is 0. The predicted octanol–water partition coefficient (Wildman–Crippen LogP) is 3.18. The average Bonchev–Trinajstić information content (AvgIpc) is 2.45. The van der Waals surface area contributed by atoms with Gasteiger partial charge < -0.3 is 0 Å². The summed E-state index contributed by atoms with van der Waals surface area (Å²) < 4.78 is 1.11. The Balaban J connectivity index is 2.57. The molecule has 0 saturated heterocycles. The summed E-state index contributed by atoms with van der Waals surface area (Å²) >= 11 is 3.44. The van der Waals surface area contributed by atoms with E-state index in [2.05, 4.69) is 34.1 Å². The van der Waals surface area contributed by atoms with Crippen molar-refractivity contribution in [2.24, 2.45) is 0 Å². The SMILES string of the molecule is CC1(C#N)CCc2cc(Br)ccc21. The molecule has 13 heavy (non-hydrogen) atoms. The Bertz CT molecular complexity index is 392. The smallest absolute Gasteiger partial charge is 0.0800 e. The molecule has 0 aliphatic heterocycles. The summed E-state index contributed by atoms with van der Waals surface area (Å²) in [4.78, 5) is 0. The number of aryl methyl sites for hydroxylation is 1. The van der Waals surface area contributed by atoms with Crippen molar-refractivity contribution in [3.63, 3.8) is 0 Å². The van der Waals surface area contributed by atoms with E-state index in [1.54, 1.807) is 0 Å². The molecule has 0 spiro atoms. The molecule has 1 aliphatic rings. The van der Waals surface area contributed by atoms with Crippen molar-refractivity contribution in [1.29, 1.82) is 5.26 Å². The highest BCUT2D eigenvalue weighted by Crippen LogP contribution is 2.39. The van der Waals surface area contributed by atoms with Crippen LogP contribution in [0.5, 0.6) is 0 Å². The number of nitriles is 1. The molecule has 2 rings (SSSR count). The molecule has 1 aromatic rings. The first-order valence-electron chi connectivity index (χ1n) is 4.36. The van der Waals surface area contributed by atoms with Crippen LogP contribution in [-0.2, 0) is 11.8 Å². The summed E-state index contributed by atoms with van der Waals surface area (Å²) in [6.45, 7) is 2.02. The van der Waals surface area contributed by atoms with Crippen LogP contribution in [0.1, 0.15) is 24.5 Å². The van der Waals surface area contributed by atoms with Gasteiger partial charge in [-0.15, -0.1) is 0 Å². The molecule has 66 valence electrons. The molecule has 0 saturated carbocycles. The quantitative estimate of drug-likeness (QED) is 0.678. The minimum Gasteiger partial charge on any atom is -0.197 e. The van der Waals surface area contributed by atoms with E-state index in [1.807, 2.05) is 13.0 Å². The Morgan fingerprint density at radius 3 is 3.00 bits per heavy atom. The lowest BCUT2D eigenvalue weighted by molar-refractivity contribution is 0.604. The van der Waals surface area contributed by atoms with Crippen molar-refractivity contribution >= 4 is 15.9 Å². The average molecular weight is 236 g/mol. The summed E-state index contributed by atoms with van der Waals surface area (Å²) in [6, 6.07) is 8.60. The zero-order chi connectivity index (χ0) is 9.47. The number of hydrogen-bond acceptors (Lipinski definition) is 1. The molecule has 0 N–H and O–H groups in total. The summed E-state index contributed by atoms with van der Waals surface area (Å²) in [5.74, 6) is 0. The third-order valence-electron chi connectivity index (χ3n) is 2.80. The monoisotopic (exact) mass is 235 g/mol. The second-order valence-corrected chi connectivity index (χ2v) is 4.66. The summed E-state index contributed by atoms with van der Waals surface area (Å²) in [5.41, 5.74) is 2.27. The number of nitrogens with zero attached hydrogens (tertiary/aromatic N) is 1. The molecule has 2 heteroatoms. The molecule has 0 radical (unpaired) electrons. The number of halogens is 1. The van der Waals surface area contributed by atoms with E-state index in [4.69, 9.17) is 5.26 Å². The van der Waals surface area contributed by atoms with E-state index in [1.165, 1.54) is 11.1 Å². The molecule has 0 fully saturated rings. The van der Waals surface area contributed by atoms with Gasteiger partial charge in [-0.1, -0.05) is 22.0 Å². The van der Waals surface area contributed by atoms with Crippen LogP contribution in [0.2, 0.25) is 0 Å². The third kappa shape index (κ3) is 1.28. The lowest BCUT2D eigenvalue weighted by atomic mass is 9.86. The number of benzene rings is 1. The van der Waals surface area contributed by atoms with Crippen LogP contribution >= 0.6 is 15.9 Å². The lowest BCUT2D eigenvalue weighted by Crippen LogP contribution is -2.14. The highest BCUT2D eigenvalue weighted by atomic mass is 79.9. The van der Waals surface area contributed by atoms with E-state index in [-0.39, 0.29) is 5.41 Å². The van der Waals surface area contributed by atoms with Crippen LogP contribution in [0, 0.1) is 11.3 Å². The van der Waals surface area contributed by atoms with Crippen molar-refractivity contribution in [1.82, 2.24) is 0 Å². The minimum atomic E-state index is -0.254.